The zero-order valence-corrected chi connectivity index (χ0v) is 12.8. The molecule has 0 aliphatic rings. The lowest BCUT2D eigenvalue weighted by Gasteiger charge is -2.11. The molecule has 1 aromatic heterocycles. The summed E-state index contributed by atoms with van der Waals surface area (Å²) < 4.78 is 0. The number of allylic oxidation sites excluding steroid dienone is 1. The van der Waals surface area contributed by atoms with E-state index in [9.17, 15) is 0 Å². The number of hydrogen-bond donors (Lipinski definition) is 0. The van der Waals surface area contributed by atoms with Crippen LogP contribution in [0.4, 0.5) is 0 Å². The van der Waals surface area contributed by atoms with Crippen LogP contribution in [0, 0.1) is 6.92 Å². The van der Waals surface area contributed by atoms with Crippen LogP contribution in [0.2, 0.25) is 0 Å². The average molecular weight is 285 g/mol. The average Bonchev–Trinajstić information content (AvgIpc) is 2.56. The van der Waals surface area contributed by atoms with E-state index in [4.69, 9.17) is 0 Å². The fraction of sp³-hybridized carbons (Fsp3) is 0.0952. The maximum atomic E-state index is 4.55. The zero-order chi connectivity index (χ0) is 15.4. The molecule has 0 fully saturated rings. The summed E-state index contributed by atoms with van der Waals surface area (Å²) in [4.78, 5) is 4.55. The van der Waals surface area contributed by atoms with Crippen LogP contribution in [0.15, 0.2) is 79.5 Å². The fourth-order valence-electron chi connectivity index (χ4n) is 2.64. The van der Waals surface area contributed by atoms with E-state index in [0.29, 0.717) is 0 Å². The molecule has 0 spiro atoms. The predicted octanol–water partition coefficient (Wildman–Crippen LogP) is 5.45. The van der Waals surface area contributed by atoms with Crippen LogP contribution in [0.5, 0.6) is 0 Å². The highest BCUT2D eigenvalue weighted by molar-refractivity contribution is 5.74. The third-order valence-electron chi connectivity index (χ3n) is 3.77. The molecule has 1 nitrogen and oxygen atoms in total. The van der Waals surface area contributed by atoms with Crippen LogP contribution in [-0.4, -0.2) is 4.98 Å². The largest absolute Gasteiger partial charge is 0.256 e. The molecule has 1 heteroatoms. The normalized spacial score (nSPS) is 10.4. The molecular formula is C21H19N. The molecule has 0 amide bonds. The van der Waals surface area contributed by atoms with Crippen LogP contribution in [0.25, 0.3) is 22.4 Å². The Hall–Kier alpha value is -2.67. The van der Waals surface area contributed by atoms with Gasteiger partial charge in [-0.05, 0) is 53.8 Å². The number of pyridine rings is 1. The van der Waals surface area contributed by atoms with Crippen molar-refractivity contribution in [3.63, 3.8) is 0 Å². The van der Waals surface area contributed by atoms with Crippen molar-refractivity contribution in [2.75, 3.05) is 0 Å². The van der Waals surface area contributed by atoms with Crippen molar-refractivity contribution in [3.8, 4) is 22.4 Å². The van der Waals surface area contributed by atoms with E-state index in [1.165, 1.54) is 27.8 Å². The Bertz CT molecular complexity index is 788. The van der Waals surface area contributed by atoms with Crippen LogP contribution in [0.3, 0.4) is 0 Å². The van der Waals surface area contributed by atoms with E-state index in [1.54, 1.807) is 0 Å². The highest BCUT2D eigenvalue weighted by atomic mass is 14.7. The topological polar surface area (TPSA) is 12.9 Å². The van der Waals surface area contributed by atoms with Gasteiger partial charge in [0.25, 0.3) is 0 Å². The Morgan fingerprint density at radius 2 is 1.77 bits per heavy atom. The Morgan fingerprint density at radius 3 is 2.50 bits per heavy atom. The van der Waals surface area contributed by atoms with Crippen molar-refractivity contribution in [1.29, 1.82) is 0 Å². The molecule has 0 atom stereocenters. The van der Waals surface area contributed by atoms with Crippen molar-refractivity contribution in [2.45, 2.75) is 13.3 Å². The van der Waals surface area contributed by atoms with Gasteiger partial charge in [-0.1, -0.05) is 48.5 Å². The third kappa shape index (κ3) is 2.99. The first kappa shape index (κ1) is 14.3. The van der Waals surface area contributed by atoms with Gasteiger partial charge in [-0.2, -0.15) is 0 Å². The van der Waals surface area contributed by atoms with Gasteiger partial charge in [0.05, 0.1) is 5.69 Å². The van der Waals surface area contributed by atoms with Crippen LogP contribution < -0.4 is 0 Å². The number of aryl methyl sites for hydroxylation is 1. The maximum absolute atomic E-state index is 4.55. The molecular weight excluding hydrogens is 266 g/mol. The van der Waals surface area contributed by atoms with Crippen molar-refractivity contribution in [1.82, 2.24) is 4.98 Å². The van der Waals surface area contributed by atoms with Gasteiger partial charge in [0.15, 0.2) is 0 Å². The summed E-state index contributed by atoms with van der Waals surface area (Å²) in [7, 11) is 0. The summed E-state index contributed by atoms with van der Waals surface area (Å²) in [5.74, 6) is 0. The monoisotopic (exact) mass is 285 g/mol. The predicted molar refractivity (Wildman–Crippen MR) is 93.7 cm³/mol. The van der Waals surface area contributed by atoms with Crippen molar-refractivity contribution in [3.05, 3.63) is 90.6 Å². The molecule has 2 aromatic carbocycles. The summed E-state index contributed by atoms with van der Waals surface area (Å²) in [5.41, 5.74) is 7.13. The lowest BCUT2D eigenvalue weighted by Crippen LogP contribution is -1.92. The summed E-state index contributed by atoms with van der Waals surface area (Å²) in [6, 6.07) is 21.2. The van der Waals surface area contributed by atoms with Gasteiger partial charge in [0.1, 0.15) is 0 Å². The summed E-state index contributed by atoms with van der Waals surface area (Å²) in [5, 5.41) is 0. The molecule has 3 aromatic rings. The van der Waals surface area contributed by atoms with Gasteiger partial charge < -0.3 is 0 Å². The molecule has 0 saturated heterocycles. The molecule has 3 rings (SSSR count). The second kappa shape index (κ2) is 6.40. The SMILES string of the molecule is C=CCc1ccc(-c2ccccc2)cc1-c1cc(C)ccn1. The Kier molecular flexibility index (Phi) is 4.15. The van der Waals surface area contributed by atoms with E-state index in [2.05, 4.69) is 67.0 Å². The minimum Gasteiger partial charge on any atom is -0.256 e. The van der Waals surface area contributed by atoms with E-state index >= 15 is 0 Å². The van der Waals surface area contributed by atoms with E-state index in [-0.39, 0.29) is 0 Å². The lowest BCUT2D eigenvalue weighted by molar-refractivity contribution is 1.23. The van der Waals surface area contributed by atoms with Crippen LogP contribution in [0.1, 0.15) is 11.1 Å². The molecule has 0 N–H and O–H groups in total. The van der Waals surface area contributed by atoms with Crippen LogP contribution in [-0.2, 0) is 6.42 Å². The van der Waals surface area contributed by atoms with Crippen molar-refractivity contribution >= 4 is 0 Å². The van der Waals surface area contributed by atoms with Gasteiger partial charge in [-0.3, -0.25) is 4.98 Å². The summed E-state index contributed by atoms with van der Waals surface area (Å²) in [6.07, 6.45) is 4.66. The van der Waals surface area contributed by atoms with Gasteiger partial charge in [-0.15, -0.1) is 6.58 Å². The second-order valence-corrected chi connectivity index (χ2v) is 5.45. The number of benzene rings is 2. The summed E-state index contributed by atoms with van der Waals surface area (Å²) >= 11 is 0. The molecule has 0 unspecified atom stereocenters. The maximum Gasteiger partial charge on any atom is 0.0707 e. The molecule has 22 heavy (non-hydrogen) atoms. The van der Waals surface area contributed by atoms with Gasteiger partial charge in [-0.25, -0.2) is 0 Å². The number of nitrogens with zero attached hydrogens (tertiary/aromatic N) is 1. The molecule has 0 aliphatic carbocycles. The highest BCUT2D eigenvalue weighted by Gasteiger charge is 2.08. The quantitative estimate of drug-likeness (QED) is 0.581. The third-order valence-corrected chi connectivity index (χ3v) is 3.77. The van der Waals surface area contributed by atoms with E-state index < -0.39 is 0 Å². The number of aromatic nitrogens is 1. The van der Waals surface area contributed by atoms with Gasteiger partial charge in [0, 0.05) is 11.8 Å². The molecule has 0 aliphatic heterocycles. The van der Waals surface area contributed by atoms with E-state index in [1.807, 2.05) is 24.4 Å². The first-order chi connectivity index (χ1) is 10.8. The molecule has 0 saturated carbocycles. The zero-order valence-electron chi connectivity index (χ0n) is 12.8. The molecule has 1 heterocycles. The minimum atomic E-state index is 0.847. The Labute approximate surface area is 132 Å². The Morgan fingerprint density at radius 1 is 0.955 bits per heavy atom. The van der Waals surface area contributed by atoms with E-state index in [0.717, 1.165) is 12.1 Å². The standard InChI is InChI=1S/C21H19N/c1-3-7-18-10-11-19(17-8-5-4-6-9-17)15-20(18)21-14-16(2)12-13-22-21/h3-6,8-15H,1,7H2,2H3. The molecule has 0 bridgehead atoms. The highest BCUT2D eigenvalue weighted by Crippen LogP contribution is 2.29. The Balaban J connectivity index is 2.15. The second-order valence-electron chi connectivity index (χ2n) is 5.45. The minimum absolute atomic E-state index is 0.847. The lowest BCUT2D eigenvalue weighted by atomic mass is 9.95. The van der Waals surface area contributed by atoms with Crippen LogP contribution >= 0.6 is 0 Å². The van der Waals surface area contributed by atoms with Crippen molar-refractivity contribution in [2.24, 2.45) is 0 Å². The van der Waals surface area contributed by atoms with Crippen molar-refractivity contribution < 1.29 is 0 Å². The van der Waals surface area contributed by atoms with Gasteiger partial charge >= 0.3 is 0 Å². The number of hydrogen-bond acceptors (Lipinski definition) is 1. The first-order valence-corrected chi connectivity index (χ1v) is 7.50. The smallest absolute Gasteiger partial charge is 0.0707 e. The van der Waals surface area contributed by atoms with Gasteiger partial charge in [0.2, 0.25) is 0 Å². The summed E-state index contributed by atoms with van der Waals surface area (Å²) in [6.45, 7) is 5.97. The molecule has 0 radical (unpaired) electrons. The molecule has 108 valence electrons. The fourth-order valence-corrected chi connectivity index (χ4v) is 2.64. The first-order valence-electron chi connectivity index (χ1n) is 7.50. The number of rotatable bonds is 4.